The Labute approximate surface area is 190 Å². The lowest BCUT2D eigenvalue weighted by atomic mass is 9.46. The van der Waals surface area contributed by atoms with Crippen molar-refractivity contribution in [2.45, 2.75) is 90.6 Å². The topological polar surface area (TPSA) is 97.7 Å². The van der Waals surface area contributed by atoms with E-state index in [0.717, 1.165) is 24.8 Å². The summed E-state index contributed by atoms with van der Waals surface area (Å²) in [7, 11) is 0. The van der Waals surface area contributed by atoms with Crippen LogP contribution in [0.15, 0.2) is 11.6 Å². The number of Topliss-reactive ketones (excluding diaryl/α,β-unsaturated/α-hetero) is 2. The molecular formula is C26H36O6. The van der Waals surface area contributed by atoms with E-state index in [0.29, 0.717) is 32.1 Å². The maximum atomic E-state index is 13.6. The van der Waals surface area contributed by atoms with Gasteiger partial charge in [0.05, 0.1) is 0 Å². The normalized spacial score (nSPS) is 40.8. The fraction of sp³-hybridized carbons (Fsp3) is 0.769. The van der Waals surface area contributed by atoms with E-state index in [2.05, 4.69) is 6.92 Å². The van der Waals surface area contributed by atoms with Crippen LogP contribution in [0.4, 0.5) is 0 Å². The van der Waals surface area contributed by atoms with Gasteiger partial charge in [0.2, 0.25) is 5.78 Å². The number of carbonyl (C=O) groups excluding carboxylic acids is 4. The van der Waals surface area contributed by atoms with E-state index in [1.165, 1.54) is 0 Å². The van der Waals surface area contributed by atoms with Crippen LogP contribution < -0.4 is 0 Å². The molecule has 6 heteroatoms. The van der Waals surface area contributed by atoms with Crippen LogP contribution in [0.25, 0.3) is 0 Å². The summed E-state index contributed by atoms with van der Waals surface area (Å²) in [6.45, 7) is 5.55. The zero-order valence-corrected chi connectivity index (χ0v) is 19.6. The highest BCUT2D eigenvalue weighted by atomic mass is 16.5. The summed E-state index contributed by atoms with van der Waals surface area (Å²) in [4.78, 5) is 50.6. The van der Waals surface area contributed by atoms with Gasteiger partial charge in [-0.2, -0.15) is 0 Å². The monoisotopic (exact) mass is 444 g/mol. The fourth-order valence-corrected chi connectivity index (χ4v) is 7.50. The Morgan fingerprint density at radius 2 is 1.91 bits per heavy atom. The smallest absolute Gasteiger partial charge is 0.306 e. The minimum absolute atomic E-state index is 0.0611. The van der Waals surface area contributed by atoms with Crippen molar-refractivity contribution in [2.75, 3.05) is 6.61 Å². The molecule has 0 aromatic heterocycles. The molecule has 3 saturated carbocycles. The molecule has 4 rings (SSSR count). The van der Waals surface area contributed by atoms with Gasteiger partial charge in [0.15, 0.2) is 12.4 Å². The quantitative estimate of drug-likeness (QED) is 0.627. The first kappa shape index (κ1) is 23.3. The number of allylic oxidation sites excluding steroid dienone is 1. The molecule has 3 fully saturated rings. The highest BCUT2D eigenvalue weighted by Gasteiger charge is 2.68. The van der Waals surface area contributed by atoms with Crippen molar-refractivity contribution < 1.29 is 29.0 Å². The van der Waals surface area contributed by atoms with Crippen LogP contribution in [0.2, 0.25) is 0 Å². The molecule has 6 nitrogen and oxygen atoms in total. The summed E-state index contributed by atoms with van der Waals surface area (Å²) >= 11 is 0. The molecule has 1 N–H and O–H groups in total. The van der Waals surface area contributed by atoms with E-state index >= 15 is 0 Å². The predicted octanol–water partition coefficient (Wildman–Crippen LogP) is 3.73. The lowest BCUT2D eigenvalue weighted by Gasteiger charge is -2.57. The van der Waals surface area contributed by atoms with Gasteiger partial charge < -0.3 is 9.84 Å². The molecule has 176 valence electrons. The number of unbranched alkanes of at least 4 members (excludes halogenated alkanes) is 1. The van der Waals surface area contributed by atoms with E-state index in [1.54, 1.807) is 6.08 Å². The van der Waals surface area contributed by atoms with Gasteiger partial charge in [-0.15, -0.1) is 0 Å². The standard InChI is InChI=1S/C26H36O6/c1-4-5-6-22(30)32-15-21(29)26(31)12-10-19-18-8-7-16-13-17(27)9-11-24(16,2)23(18)20(28)14-25(19,26)3/h13,18-19,23,31H,4-12,14-15H2,1-3H3. The van der Waals surface area contributed by atoms with E-state index in [1.807, 2.05) is 13.8 Å². The van der Waals surface area contributed by atoms with Gasteiger partial charge in [0.1, 0.15) is 11.4 Å². The number of hydrogen-bond donors (Lipinski definition) is 1. The van der Waals surface area contributed by atoms with E-state index in [9.17, 15) is 24.3 Å². The fourth-order valence-electron chi connectivity index (χ4n) is 7.50. The number of rotatable bonds is 6. The average molecular weight is 445 g/mol. The first-order valence-electron chi connectivity index (χ1n) is 12.2. The zero-order valence-electron chi connectivity index (χ0n) is 19.6. The molecule has 0 amide bonds. The lowest BCUT2D eigenvalue weighted by molar-refractivity contribution is -0.173. The lowest BCUT2D eigenvalue weighted by Crippen LogP contribution is -2.61. The van der Waals surface area contributed by atoms with Crippen LogP contribution >= 0.6 is 0 Å². The van der Waals surface area contributed by atoms with Crippen LogP contribution in [-0.4, -0.2) is 40.6 Å². The van der Waals surface area contributed by atoms with Crippen molar-refractivity contribution >= 4 is 23.3 Å². The third kappa shape index (κ3) is 3.41. The molecule has 0 aliphatic heterocycles. The van der Waals surface area contributed by atoms with Gasteiger partial charge in [-0.25, -0.2) is 0 Å². The van der Waals surface area contributed by atoms with Gasteiger partial charge in [-0.3, -0.25) is 19.2 Å². The average Bonchev–Trinajstić information content (AvgIpc) is 3.02. The van der Waals surface area contributed by atoms with Gasteiger partial charge >= 0.3 is 5.97 Å². The van der Waals surface area contributed by atoms with Gasteiger partial charge in [-0.1, -0.05) is 32.8 Å². The molecule has 0 bridgehead atoms. The minimum atomic E-state index is -1.65. The Bertz CT molecular complexity index is 874. The Morgan fingerprint density at radius 3 is 2.62 bits per heavy atom. The van der Waals surface area contributed by atoms with E-state index in [4.69, 9.17) is 4.74 Å². The second-order valence-corrected chi connectivity index (χ2v) is 11.0. The van der Waals surface area contributed by atoms with Crippen LogP contribution in [0.5, 0.6) is 0 Å². The summed E-state index contributed by atoms with van der Waals surface area (Å²) in [5.74, 6) is -0.642. The molecule has 0 aromatic rings. The molecule has 6 atom stereocenters. The van der Waals surface area contributed by atoms with Crippen molar-refractivity contribution in [1.29, 1.82) is 0 Å². The molecule has 6 unspecified atom stereocenters. The number of hydrogen-bond acceptors (Lipinski definition) is 6. The first-order valence-corrected chi connectivity index (χ1v) is 12.2. The Hall–Kier alpha value is -1.82. The molecule has 4 aliphatic carbocycles. The Morgan fingerprint density at radius 1 is 1.16 bits per heavy atom. The SMILES string of the molecule is CCCCC(=O)OCC(=O)C1(O)CCC2C3CCC4=CC(=O)CCC4(C)C3C(=O)CC21C. The molecule has 32 heavy (non-hydrogen) atoms. The number of ketones is 3. The number of carbonyl (C=O) groups is 4. The van der Waals surface area contributed by atoms with Gasteiger partial charge in [0.25, 0.3) is 0 Å². The summed E-state index contributed by atoms with van der Waals surface area (Å²) in [5, 5.41) is 11.6. The Balaban J connectivity index is 1.56. The summed E-state index contributed by atoms with van der Waals surface area (Å²) in [6.07, 6.45) is 7.52. The Kier molecular flexibility index (Phi) is 5.98. The van der Waals surface area contributed by atoms with Crippen molar-refractivity contribution in [2.24, 2.45) is 28.6 Å². The van der Waals surface area contributed by atoms with Crippen LogP contribution in [0, 0.1) is 28.6 Å². The number of esters is 1. The van der Waals surface area contributed by atoms with Crippen LogP contribution in [0.3, 0.4) is 0 Å². The maximum absolute atomic E-state index is 13.6. The molecule has 0 heterocycles. The molecular weight excluding hydrogens is 408 g/mol. The summed E-state index contributed by atoms with van der Waals surface area (Å²) in [6, 6.07) is 0. The van der Waals surface area contributed by atoms with Crippen molar-refractivity contribution in [1.82, 2.24) is 0 Å². The number of aliphatic hydroxyl groups is 1. The maximum Gasteiger partial charge on any atom is 0.306 e. The van der Waals surface area contributed by atoms with Crippen molar-refractivity contribution in [3.8, 4) is 0 Å². The van der Waals surface area contributed by atoms with Crippen LogP contribution in [0.1, 0.15) is 85.0 Å². The number of ether oxygens (including phenoxy) is 1. The van der Waals surface area contributed by atoms with Gasteiger partial charge in [-0.05, 0) is 61.9 Å². The number of fused-ring (bicyclic) bond motifs is 5. The van der Waals surface area contributed by atoms with E-state index in [-0.39, 0.29) is 47.6 Å². The third-order valence-electron chi connectivity index (χ3n) is 9.37. The summed E-state index contributed by atoms with van der Waals surface area (Å²) in [5.41, 5.74) is -1.69. The molecule has 0 radical (unpaired) electrons. The molecule has 0 saturated heterocycles. The largest absolute Gasteiger partial charge is 0.458 e. The second-order valence-electron chi connectivity index (χ2n) is 11.0. The highest BCUT2D eigenvalue weighted by molar-refractivity contribution is 5.95. The summed E-state index contributed by atoms with van der Waals surface area (Å²) < 4.78 is 5.17. The minimum Gasteiger partial charge on any atom is -0.458 e. The zero-order chi connectivity index (χ0) is 23.3. The van der Waals surface area contributed by atoms with Gasteiger partial charge in [0, 0.05) is 30.6 Å². The molecule has 4 aliphatic rings. The third-order valence-corrected chi connectivity index (χ3v) is 9.37. The first-order chi connectivity index (χ1) is 15.1. The predicted molar refractivity (Wildman–Crippen MR) is 118 cm³/mol. The second kappa shape index (κ2) is 8.19. The molecule has 0 aromatic carbocycles. The van der Waals surface area contributed by atoms with Crippen LogP contribution in [-0.2, 0) is 23.9 Å². The highest BCUT2D eigenvalue weighted by Crippen LogP contribution is 2.66. The van der Waals surface area contributed by atoms with Crippen molar-refractivity contribution in [3.05, 3.63) is 11.6 Å². The molecule has 0 spiro atoms. The van der Waals surface area contributed by atoms with E-state index < -0.39 is 29.4 Å². The van der Waals surface area contributed by atoms with Crippen molar-refractivity contribution in [3.63, 3.8) is 0 Å².